The van der Waals surface area contributed by atoms with Gasteiger partial charge in [-0.25, -0.2) is 0 Å². The van der Waals surface area contributed by atoms with E-state index < -0.39 is 6.10 Å². The molecule has 0 aliphatic rings. The summed E-state index contributed by atoms with van der Waals surface area (Å²) in [5.74, 6) is -0.445. The van der Waals surface area contributed by atoms with Crippen molar-refractivity contribution in [2.75, 3.05) is 19.8 Å². The average molecular weight is 948 g/mol. The third-order valence-electron chi connectivity index (χ3n) is 12.4. The first-order valence-electron chi connectivity index (χ1n) is 29.1. The fourth-order valence-corrected chi connectivity index (χ4v) is 8.06. The van der Waals surface area contributed by atoms with Crippen LogP contribution in [-0.4, -0.2) is 37.9 Å². The van der Waals surface area contributed by atoms with Gasteiger partial charge in [-0.2, -0.15) is 0 Å². The topological polar surface area (TPSA) is 61.8 Å². The minimum absolute atomic E-state index is 0.0629. The van der Waals surface area contributed by atoms with Crippen LogP contribution in [0.4, 0.5) is 0 Å². The number of ether oxygens (including phenoxy) is 3. The van der Waals surface area contributed by atoms with Gasteiger partial charge in [0.05, 0.1) is 6.61 Å². The maximum absolute atomic E-state index is 12.8. The summed E-state index contributed by atoms with van der Waals surface area (Å²) in [6.07, 6.45) is 77.5. The Kier molecular flexibility index (Phi) is 55.9. The molecule has 5 heteroatoms. The van der Waals surface area contributed by atoms with Crippen LogP contribution in [0.25, 0.3) is 0 Å². The Morgan fingerprint density at radius 1 is 0.338 bits per heavy atom. The molecule has 0 aliphatic carbocycles. The van der Waals surface area contributed by atoms with Crippen LogP contribution in [0.2, 0.25) is 0 Å². The fraction of sp³-hybridized carbons (Fsp3) is 0.746. The molecule has 0 saturated heterocycles. The molecule has 0 spiro atoms. The highest BCUT2D eigenvalue weighted by molar-refractivity contribution is 5.70. The third-order valence-corrected chi connectivity index (χ3v) is 12.4. The Hall–Kier alpha value is -2.92. The van der Waals surface area contributed by atoms with Crippen LogP contribution < -0.4 is 0 Å². The van der Waals surface area contributed by atoms with E-state index in [-0.39, 0.29) is 25.2 Å². The van der Waals surface area contributed by atoms with Gasteiger partial charge in [0.1, 0.15) is 6.61 Å². The molecule has 0 rings (SSSR count). The Balaban J connectivity index is 4.32. The second-order valence-electron chi connectivity index (χ2n) is 19.2. The maximum atomic E-state index is 12.8. The molecule has 1 unspecified atom stereocenters. The second kappa shape index (κ2) is 58.4. The van der Waals surface area contributed by atoms with Gasteiger partial charge >= 0.3 is 11.9 Å². The van der Waals surface area contributed by atoms with Crippen molar-refractivity contribution in [1.82, 2.24) is 0 Å². The van der Waals surface area contributed by atoms with Crippen molar-refractivity contribution in [3.63, 3.8) is 0 Å². The Bertz CT molecular complexity index is 1250. The highest BCUT2D eigenvalue weighted by Crippen LogP contribution is 2.15. The molecule has 0 saturated carbocycles. The SMILES string of the molecule is CC/C=C\C/C=C\C/C=C\C/C=C\CCCCC(=O)OC(COCCCCCCCCCC/C=C\C/C=C\CCCCC)COC(=O)CCCCCCCCCCC/C=C\CCCCCCCC. The van der Waals surface area contributed by atoms with Gasteiger partial charge in [-0.05, 0) is 116 Å². The Morgan fingerprint density at radius 2 is 0.662 bits per heavy atom. The number of esters is 2. The molecule has 68 heavy (non-hydrogen) atoms. The summed E-state index contributed by atoms with van der Waals surface area (Å²) in [6, 6.07) is 0. The van der Waals surface area contributed by atoms with Crippen LogP contribution in [0, 0.1) is 0 Å². The smallest absolute Gasteiger partial charge is 0.306 e. The Morgan fingerprint density at radius 3 is 1.13 bits per heavy atom. The van der Waals surface area contributed by atoms with Crippen molar-refractivity contribution >= 4 is 11.9 Å². The van der Waals surface area contributed by atoms with Crippen molar-refractivity contribution in [3.05, 3.63) is 85.1 Å². The summed E-state index contributed by atoms with van der Waals surface area (Å²) in [5, 5.41) is 0. The standard InChI is InChI=1S/C63H110O5/c1-4-7-10-13-16-19-22-25-28-30-32-33-36-38-41-44-47-50-53-56-62(64)67-60-61(68-63(65)57-54-51-48-45-42-39-35-27-24-21-18-15-12-9-6-3)59-66-58-55-52-49-46-43-40-37-34-31-29-26-23-20-17-14-11-8-5-2/h9,12,17-18,20-21,25-29,35,42,45,61H,4-8,10-11,13-16,19,22-24,30-34,36-41,43-44,46-60H2,1-3H3/b12-9-,20-17-,21-18-,28-25-,29-26-,35-27-,45-42-. The van der Waals surface area contributed by atoms with Crippen molar-refractivity contribution < 1.29 is 23.8 Å². The zero-order chi connectivity index (χ0) is 49.2. The van der Waals surface area contributed by atoms with Crippen molar-refractivity contribution in [3.8, 4) is 0 Å². The number of hydrogen-bond acceptors (Lipinski definition) is 5. The predicted molar refractivity (Wildman–Crippen MR) is 297 cm³/mol. The average Bonchev–Trinajstić information content (AvgIpc) is 3.34. The lowest BCUT2D eigenvalue weighted by Crippen LogP contribution is -2.30. The van der Waals surface area contributed by atoms with Gasteiger partial charge in [0.15, 0.2) is 6.10 Å². The number of hydrogen-bond donors (Lipinski definition) is 0. The van der Waals surface area contributed by atoms with Crippen LogP contribution in [0.3, 0.4) is 0 Å². The molecule has 0 aromatic rings. The van der Waals surface area contributed by atoms with E-state index in [1.54, 1.807) is 0 Å². The summed E-state index contributed by atoms with van der Waals surface area (Å²) < 4.78 is 17.4. The molecule has 1 atom stereocenters. The summed E-state index contributed by atoms with van der Waals surface area (Å²) in [4.78, 5) is 25.5. The first-order valence-corrected chi connectivity index (χ1v) is 29.1. The molecule has 5 nitrogen and oxygen atoms in total. The molecule has 0 radical (unpaired) electrons. The first-order chi connectivity index (χ1) is 33.6. The molecule has 0 N–H and O–H groups in total. The van der Waals surface area contributed by atoms with Crippen molar-refractivity contribution in [2.45, 2.75) is 284 Å². The minimum Gasteiger partial charge on any atom is -0.462 e. The zero-order valence-corrected chi connectivity index (χ0v) is 45.1. The van der Waals surface area contributed by atoms with Crippen LogP contribution in [0.1, 0.15) is 278 Å². The lowest BCUT2D eigenvalue weighted by atomic mass is 10.1. The van der Waals surface area contributed by atoms with Gasteiger partial charge in [0.2, 0.25) is 0 Å². The van der Waals surface area contributed by atoms with Gasteiger partial charge in [-0.15, -0.1) is 0 Å². The monoisotopic (exact) mass is 947 g/mol. The van der Waals surface area contributed by atoms with E-state index in [4.69, 9.17) is 14.2 Å². The highest BCUT2D eigenvalue weighted by Gasteiger charge is 2.17. The molecule has 0 fully saturated rings. The van der Waals surface area contributed by atoms with Gasteiger partial charge < -0.3 is 14.2 Å². The van der Waals surface area contributed by atoms with Gasteiger partial charge in [0, 0.05) is 19.4 Å². The quantitative estimate of drug-likeness (QED) is 0.0345. The number of carbonyl (C=O) groups excluding carboxylic acids is 2. The van der Waals surface area contributed by atoms with E-state index in [0.717, 1.165) is 77.0 Å². The minimum atomic E-state index is -0.566. The van der Waals surface area contributed by atoms with Crippen LogP contribution in [0.15, 0.2) is 85.1 Å². The maximum Gasteiger partial charge on any atom is 0.306 e. The van der Waals surface area contributed by atoms with Crippen LogP contribution in [0.5, 0.6) is 0 Å². The molecule has 392 valence electrons. The van der Waals surface area contributed by atoms with E-state index in [1.165, 1.54) is 167 Å². The summed E-state index contributed by atoms with van der Waals surface area (Å²) in [6.45, 7) is 7.65. The molecular formula is C63H110O5. The molecule has 0 heterocycles. The molecule has 0 aromatic carbocycles. The number of unbranched alkanes of at least 4 members (excludes halogenated alkanes) is 28. The predicted octanol–water partition coefficient (Wildman–Crippen LogP) is 20.0. The van der Waals surface area contributed by atoms with E-state index in [2.05, 4.69) is 106 Å². The van der Waals surface area contributed by atoms with Crippen LogP contribution >= 0.6 is 0 Å². The largest absolute Gasteiger partial charge is 0.462 e. The highest BCUT2D eigenvalue weighted by atomic mass is 16.6. The van der Waals surface area contributed by atoms with Gasteiger partial charge in [-0.1, -0.05) is 234 Å². The normalized spacial score (nSPS) is 12.8. The summed E-state index contributed by atoms with van der Waals surface area (Å²) >= 11 is 0. The fourth-order valence-electron chi connectivity index (χ4n) is 8.06. The lowest BCUT2D eigenvalue weighted by molar-refractivity contribution is -0.163. The van der Waals surface area contributed by atoms with Gasteiger partial charge in [-0.3, -0.25) is 9.59 Å². The molecule has 0 aliphatic heterocycles. The van der Waals surface area contributed by atoms with Gasteiger partial charge in [0.25, 0.3) is 0 Å². The second-order valence-corrected chi connectivity index (χ2v) is 19.2. The first kappa shape index (κ1) is 65.1. The van der Waals surface area contributed by atoms with E-state index in [0.29, 0.717) is 19.4 Å². The molecule has 0 bridgehead atoms. The van der Waals surface area contributed by atoms with Crippen LogP contribution in [-0.2, 0) is 23.8 Å². The lowest BCUT2D eigenvalue weighted by Gasteiger charge is -2.18. The summed E-state index contributed by atoms with van der Waals surface area (Å²) in [5.41, 5.74) is 0. The Labute approximate surface area is 422 Å². The number of rotatable bonds is 53. The van der Waals surface area contributed by atoms with Crippen molar-refractivity contribution in [1.29, 1.82) is 0 Å². The summed E-state index contributed by atoms with van der Waals surface area (Å²) in [7, 11) is 0. The zero-order valence-electron chi connectivity index (χ0n) is 45.1. The van der Waals surface area contributed by atoms with Crippen molar-refractivity contribution in [2.24, 2.45) is 0 Å². The number of allylic oxidation sites excluding steroid dienone is 14. The van der Waals surface area contributed by atoms with E-state index in [1.807, 2.05) is 0 Å². The van der Waals surface area contributed by atoms with E-state index >= 15 is 0 Å². The molecule has 0 amide bonds. The van der Waals surface area contributed by atoms with E-state index in [9.17, 15) is 9.59 Å². The molecular weight excluding hydrogens is 837 g/mol. The molecule has 0 aromatic heterocycles. The third kappa shape index (κ3) is 55.7. The number of carbonyl (C=O) groups is 2.